The number of anilines is 2. The summed E-state index contributed by atoms with van der Waals surface area (Å²) < 4.78 is 0. The molecule has 2 heteroatoms. The lowest BCUT2D eigenvalue weighted by Gasteiger charge is -2.19. The molecule has 0 spiro atoms. The SMILES string of the molecule is CCc1ccccc1NNc1c(C)c(C)cc(C)c1C. The molecule has 2 aromatic carbocycles. The lowest BCUT2D eigenvalue weighted by Crippen LogP contribution is -2.13. The minimum absolute atomic E-state index is 1.02. The molecule has 2 rings (SSSR count). The van der Waals surface area contributed by atoms with Gasteiger partial charge in [0, 0.05) is 0 Å². The van der Waals surface area contributed by atoms with Gasteiger partial charge in [-0.1, -0.05) is 31.2 Å². The molecule has 0 saturated carbocycles. The van der Waals surface area contributed by atoms with E-state index in [1.165, 1.54) is 33.5 Å². The van der Waals surface area contributed by atoms with Gasteiger partial charge in [0.2, 0.25) is 0 Å². The molecule has 2 aromatic rings. The second-order valence-electron chi connectivity index (χ2n) is 5.40. The molecular formula is C18H24N2. The fraction of sp³-hybridized carbons (Fsp3) is 0.333. The molecule has 0 atom stereocenters. The van der Waals surface area contributed by atoms with Crippen molar-refractivity contribution >= 4 is 11.4 Å². The fourth-order valence-corrected chi connectivity index (χ4v) is 2.48. The molecule has 0 saturated heterocycles. The Morgan fingerprint density at radius 2 is 1.45 bits per heavy atom. The smallest absolute Gasteiger partial charge is 0.0603 e. The largest absolute Gasteiger partial charge is 0.301 e. The zero-order valence-corrected chi connectivity index (χ0v) is 13.1. The molecule has 106 valence electrons. The van der Waals surface area contributed by atoms with Gasteiger partial charge in [-0.3, -0.25) is 0 Å². The molecule has 0 heterocycles. The molecule has 0 aliphatic rings. The van der Waals surface area contributed by atoms with Crippen LogP contribution in [-0.2, 0) is 6.42 Å². The Kier molecular flexibility index (Phi) is 4.33. The number of rotatable bonds is 4. The van der Waals surface area contributed by atoms with Gasteiger partial charge in [-0.25, -0.2) is 0 Å². The minimum Gasteiger partial charge on any atom is -0.301 e. The predicted molar refractivity (Wildman–Crippen MR) is 88.5 cm³/mol. The third-order valence-electron chi connectivity index (χ3n) is 4.09. The summed E-state index contributed by atoms with van der Waals surface area (Å²) in [6.45, 7) is 10.8. The predicted octanol–water partition coefficient (Wildman–Crippen LogP) is 4.92. The number of nitrogens with one attached hydrogen (secondary N) is 2. The van der Waals surface area contributed by atoms with Crippen molar-refractivity contribution in [2.75, 3.05) is 10.9 Å². The maximum absolute atomic E-state index is 3.40. The summed E-state index contributed by atoms with van der Waals surface area (Å²) in [6.07, 6.45) is 1.02. The number of hydrazine groups is 1. The highest BCUT2D eigenvalue weighted by Crippen LogP contribution is 2.27. The lowest BCUT2D eigenvalue weighted by molar-refractivity contribution is 1.13. The van der Waals surface area contributed by atoms with E-state index >= 15 is 0 Å². The maximum Gasteiger partial charge on any atom is 0.0603 e. The Morgan fingerprint density at radius 3 is 2.05 bits per heavy atom. The van der Waals surface area contributed by atoms with Crippen LogP contribution in [0, 0.1) is 27.7 Å². The zero-order valence-electron chi connectivity index (χ0n) is 13.1. The first-order valence-electron chi connectivity index (χ1n) is 7.22. The normalized spacial score (nSPS) is 10.4. The quantitative estimate of drug-likeness (QED) is 0.769. The molecular weight excluding hydrogens is 244 g/mol. The Morgan fingerprint density at radius 1 is 0.850 bits per heavy atom. The second-order valence-corrected chi connectivity index (χ2v) is 5.40. The van der Waals surface area contributed by atoms with E-state index in [2.05, 4.69) is 75.8 Å². The Hall–Kier alpha value is -1.96. The number of benzene rings is 2. The minimum atomic E-state index is 1.02. The van der Waals surface area contributed by atoms with E-state index in [0.717, 1.165) is 12.1 Å². The van der Waals surface area contributed by atoms with Gasteiger partial charge in [0.05, 0.1) is 11.4 Å². The third-order valence-corrected chi connectivity index (χ3v) is 4.09. The second kappa shape index (κ2) is 6.00. The van der Waals surface area contributed by atoms with Crippen LogP contribution in [0.15, 0.2) is 30.3 Å². The van der Waals surface area contributed by atoms with Crippen molar-refractivity contribution in [3.05, 3.63) is 58.1 Å². The van der Waals surface area contributed by atoms with Crippen LogP contribution in [0.3, 0.4) is 0 Å². The van der Waals surface area contributed by atoms with E-state index < -0.39 is 0 Å². The van der Waals surface area contributed by atoms with Crippen LogP contribution in [0.5, 0.6) is 0 Å². The number of hydrogen-bond donors (Lipinski definition) is 2. The Labute approximate surface area is 122 Å². The highest BCUT2D eigenvalue weighted by Gasteiger charge is 2.08. The van der Waals surface area contributed by atoms with Gasteiger partial charge in [0.1, 0.15) is 0 Å². The molecule has 0 aromatic heterocycles. The zero-order chi connectivity index (χ0) is 14.7. The van der Waals surface area contributed by atoms with Crippen LogP contribution in [0.2, 0.25) is 0 Å². The molecule has 0 amide bonds. The summed E-state index contributed by atoms with van der Waals surface area (Å²) in [6, 6.07) is 10.7. The number of aryl methyl sites for hydroxylation is 3. The first kappa shape index (κ1) is 14.4. The van der Waals surface area contributed by atoms with Gasteiger partial charge in [0.25, 0.3) is 0 Å². The van der Waals surface area contributed by atoms with Gasteiger partial charge < -0.3 is 10.9 Å². The first-order valence-corrected chi connectivity index (χ1v) is 7.22. The molecule has 0 fully saturated rings. The third kappa shape index (κ3) is 2.79. The Bertz CT molecular complexity index is 589. The lowest BCUT2D eigenvalue weighted by atomic mass is 9.99. The van der Waals surface area contributed by atoms with Gasteiger partial charge in [0.15, 0.2) is 0 Å². The van der Waals surface area contributed by atoms with Crippen molar-refractivity contribution in [2.45, 2.75) is 41.0 Å². The fourth-order valence-electron chi connectivity index (χ4n) is 2.48. The summed E-state index contributed by atoms with van der Waals surface area (Å²) in [5.41, 5.74) is 15.7. The van der Waals surface area contributed by atoms with Gasteiger partial charge in [-0.05, 0) is 68.0 Å². The van der Waals surface area contributed by atoms with E-state index in [9.17, 15) is 0 Å². The van der Waals surface area contributed by atoms with Crippen molar-refractivity contribution in [1.82, 2.24) is 0 Å². The van der Waals surface area contributed by atoms with Crippen LogP contribution in [0.1, 0.15) is 34.7 Å². The van der Waals surface area contributed by atoms with Crippen molar-refractivity contribution in [3.63, 3.8) is 0 Å². The van der Waals surface area contributed by atoms with Crippen LogP contribution in [0.25, 0.3) is 0 Å². The molecule has 0 unspecified atom stereocenters. The Balaban J connectivity index is 2.27. The van der Waals surface area contributed by atoms with E-state index in [1.807, 2.05) is 0 Å². The molecule has 2 N–H and O–H groups in total. The van der Waals surface area contributed by atoms with Gasteiger partial charge in [-0.2, -0.15) is 0 Å². The van der Waals surface area contributed by atoms with Crippen LogP contribution in [-0.4, -0.2) is 0 Å². The monoisotopic (exact) mass is 268 g/mol. The van der Waals surface area contributed by atoms with Crippen molar-refractivity contribution in [2.24, 2.45) is 0 Å². The van der Waals surface area contributed by atoms with E-state index in [1.54, 1.807) is 0 Å². The summed E-state index contributed by atoms with van der Waals surface area (Å²) in [5, 5.41) is 0. The van der Waals surface area contributed by atoms with Crippen LogP contribution < -0.4 is 10.9 Å². The molecule has 0 aliphatic heterocycles. The average molecular weight is 268 g/mol. The van der Waals surface area contributed by atoms with Crippen molar-refractivity contribution in [3.8, 4) is 0 Å². The van der Waals surface area contributed by atoms with E-state index in [-0.39, 0.29) is 0 Å². The number of hydrogen-bond acceptors (Lipinski definition) is 2. The molecule has 20 heavy (non-hydrogen) atoms. The van der Waals surface area contributed by atoms with E-state index in [4.69, 9.17) is 0 Å². The van der Waals surface area contributed by atoms with Gasteiger partial charge in [-0.15, -0.1) is 0 Å². The molecule has 0 aliphatic carbocycles. The first-order chi connectivity index (χ1) is 9.54. The average Bonchev–Trinajstić information content (AvgIpc) is 2.45. The molecule has 0 radical (unpaired) electrons. The van der Waals surface area contributed by atoms with Crippen molar-refractivity contribution < 1.29 is 0 Å². The summed E-state index contributed by atoms with van der Waals surface area (Å²) in [5.74, 6) is 0. The maximum atomic E-state index is 3.40. The highest BCUT2D eigenvalue weighted by molar-refractivity contribution is 5.65. The molecule has 2 nitrogen and oxygen atoms in total. The van der Waals surface area contributed by atoms with Crippen LogP contribution >= 0.6 is 0 Å². The van der Waals surface area contributed by atoms with Crippen molar-refractivity contribution in [1.29, 1.82) is 0 Å². The molecule has 0 bridgehead atoms. The number of para-hydroxylation sites is 1. The topological polar surface area (TPSA) is 24.1 Å². The van der Waals surface area contributed by atoms with Crippen LogP contribution in [0.4, 0.5) is 11.4 Å². The van der Waals surface area contributed by atoms with E-state index in [0.29, 0.717) is 0 Å². The summed E-state index contributed by atoms with van der Waals surface area (Å²) in [7, 11) is 0. The highest BCUT2D eigenvalue weighted by atomic mass is 15.4. The van der Waals surface area contributed by atoms with Gasteiger partial charge >= 0.3 is 0 Å². The standard InChI is InChI=1S/C18H24N2/c1-6-16-9-7-8-10-17(16)19-20-18-14(4)12(2)11-13(3)15(18)5/h7-11,19-20H,6H2,1-5H3. The summed E-state index contributed by atoms with van der Waals surface area (Å²) in [4.78, 5) is 0. The summed E-state index contributed by atoms with van der Waals surface area (Å²) >= 11 is 0.